The van der Waals surface area contributed by atoms with Gasteiger partial charge in [0.05, 0.1) is 4.90 Å². The average molecular weight is 412 g/mol. The second-order valence-electron chi connectivity index (χ2n) is 4.70. The van der Waals surface area contributed by atoms with Crippen LogP contribution in [0, 0.1) is 0 Å². The van der Waals surface area contributed by atoms with E-state index in [0.29, 0.717) is 17.1 Å². The zero-order valence-corrected chi connectivity index (χ0v) is 14.6. The molecule has 0 aromatic heterocycles. The van der Waals surface area contributed by atoms with Crippen molar-refractivity contribution in [2.75, 3.05) is 20.1 Å². The first kappa shape index (κ1) is 15.4. The maximum atomic E-state index is 12.3. The zero-order valence-electron chi connectivity index (χ0n) is 10.6. The zero-order chi connectivity index (χ0) is 14.0. The molecule has 1 heterocycles. The van der Waals surface area contributed by atoms with Gasteiger partial charge in [-0.25, -0.2) is 13.1 Å². The van der Waals surface area contributed by atoms with Gasteiger partial charge in [-0.05, 0) is 60.6 Å². The molecule has 1 aromatic carbocycles. The summed E-state index contributed by atoms with van der Waals surface area (Å²) in [7, 11) is -1.45. The molecule has 1 unspecified atom stereocenters. The molecule has 1 aliphatic rings. The molecular formula is C12H16Br2N2O2S. The highest BCUT2D eigenvalue weighted by Crippen LogP contribution is 2.25. The van der Waals surface area contributed by atoms with Crippen LogP contribution in [-0.2, 0) is 10.0 Å². The number of rotatable bonds is 4. The van der Waals surface area contributed by atoms with Crippen molar-refractivity contribution in [3.63, 3.8) is 0 Å². The lowest BCUT2D eigenvalue weighted by Gasteiger charge is -2.19. The summed E-state index contributed by atoms with van der Waals surface area (Å²) in [5, 5.41) is 0. The minimum Gasteiger partial charge on any atom is -0.302 e. The molecule has 0 radical (unpaired) electrons. The molecule has 0 saturated carbocycles. The first-order valence-corrected chi connectivity index (χ1v) is 9.12. The van der Waals surface area contributed by atoms with Gasteiger partial charge in [-0.3, -0.25) is 0 Å². The lowest BCUT2D eigenvalue weighted by Crippen LogP contribution is -2.38. The van der Waals surface area contributed by atoms with E-state index in [1.165, 1.54) is 0 Å². The van der Waals surface area contributed by atoms with Crippen LogP contribution >= 0.6 is 31.9 Å². The number of benzene rings is 1. The Hall–Kier alpha value is 0.0500. The molecule has 1 fully saturated rings. The van der Waals surface area contributed by atoms with E-state index in [0.717, 1.165) is 23.9 Å². The van der Waals surface area contributed by atoms with Gasteiger partial charge in [0, 0.05) is 21.5 Å². The highest BCUT2D eigenvalue weighted by atomic mass is 79.9. The maximum absolute atomic E-state index is 12.3. The van der Waals surface area contributed by atoms with Gasteiger partial charge in [0.25, 0.3) is 0 Å². The van der Waals surface area contributed by atoms with Gasteiger partial charge in [-0.1, -0.05) is 15.9 Å². The Morgan fingerprint density at radius 3 is 2.79 bits per heavy atom. The fourth-order valence-electron chi connectivity index (χ4n) is 2.20. The Balaban J connectivity index is 2.12. The third-order valence-corrected chi connectivity index (χ3v) is 6.27. The van der Waals surface area contributed by atoms with E-state index in [-0.39, 0.29) is 4.90 Å². The first-order valence-electron chi connectivity index (χ1n) is 6.05. The number of hydrogen-bond donors (Lipinski definition) is 1. The Morgan fingerprint density at radius 1 is 1.42 bits per heavy atom. The molecule has 1 aromatic rings. The molecule has 4 nitrogen and oxygen atoms in total. The molecule has 1 aliphatic heterocycles. The van der Waals surface area contributed by atoms with Crippen LogP contribution in [0.4, 0.5) is 0 Å². The van der Waals surface area contributed by atoms with Crippen LogP contribution in [0.5, 0.6) is 0 Å². The van der Waals surface area contributed by atoms with Gasteiger partial charge in [-0.2, -0.15) is 0 Å². The van der Waals surface area contributed by atoms with Crippen molar-refractivity contribution in [1.29, 1.82) is 0 Å². The van der Waals surface area contributed by atoms with Gasteiger partial charge < -0.3 is 4.90 Å². The van der Waals surface area contributed by atoms with Crippen LogP contribution in [0.2, 0.25) is 0 Å². The molecule has 0 bridgehead atoms. The second-order valence-corrected chi connectivity index (χ2v) is 8.21. The predicted molar refractivity (Wildman–Crippen MR) is 82.7 cm³/mol. The molecule has 19 heavy (non-hydrogen) atoms. The van der Waals surface area contributed by atoms with Crippen LogP contribution in [-0.4, -0.2) is 39.5 Å². The number of nitrogens with zero attached hydrogens (tertiary/aromatic N) is 1. The third-order valence-electron chi connectivity index (χ3n) is 3.36. The van der Waals surface area contributed by atoms with Crippen molar-refractivity contribution >= 4 is 41.9 Å². The molecule has 7 heteroatoms. The van der Waals surface area contributed by atoms with Crippen LogP contribution in [0.3, 0.4) is 0 Å². The largest absolute Gasteiger partial charge is 0.302 e. The molecule has 0 spiro atoms. The van der Waals surface area contributed by atoms with Gasteiger partial charge >= 0.3 is 0 Å². The summed E-state index contributed by atoms with van der Waals surface area (Å²) < 4.78 is 28.6. The molecule has 1 N–H and O–H groups in total. The summed E-state index contributed by atoms with van der Waals surface area (Å²) in [5.74, 6) is 0. The van der Waals surface area contributed by atoms with Crippen LogP contribution in [0.15, 0.2) is 32.0 Å². The predicted octanol–water partition coefficient (Wildman–Crippen LogP) is 2.58. The Morgan fingerprint density at radius 2 is 2.16 bits per heavy atom. The van der Waals surface area contributed by atoms with Gasteiger partial charge in [0.15, 0.2) is 0 Å². The normalized spacial score (nSPS) is 20.9. The lowest BCUT2D eigenvalue weighted by atomic mass is 10.2. The highest BCUT2D eigenvalue weighted by Gasteiger charge is 2.24. The second kappa shape index (κ2) is 6.22. The Bertz CT molecular complexity index is 563. The van der Waals surface area contributed by atoms with E-state index in [1.54, 1.807) is 18.2 Å². The lowest BCUT2D eigenvalue weighted by molar-refractivity contribution is 0.311. The number of halogens is 2. The van der Waals surface area contributed by atoms with Crippen molar-refractivity contribution in [3.05, 3.63) is 27.1 Å². The summed E-state index contributed by atoms with van der Waals surface area (Å²) >= 11 is 6.58. The fourth-order valence-corrected chi connectivity index (χ4v) is 4.78. The minimum atomic E-state index is -3.48. The van der Waals surface area contributed by atoms with Gasteiger partial charge in [0.1, 0.15) is 0 Å². The van der Waals surface area contributed by atoms with E-state index in [4.69, 9.17) is 0 Å². The van der Waals surface area contributed by atoms with Crippen molar-refractivity contribution in [2.24, 2.45) is 0 Å². The topological polar surface area (TPSA) is 49.4 Å². The van der Waals surface area contributed by atoms with E-state index in [9.17, 15) is 8.42 Å². The Kier molecular flexibility index (Phi) is 5.05. The van der Waals surface area contributed by atoms with E-state index >= 15 is 0 Å². The first-order chi connectivity index (χ1) is 8.90. The number of hydrogen-bond acceptors (Lipinski definition) is 3. The smallest absolute Gasteiger partial charge is 0.241 e. The SMILES string of the molecule is CN1CCCC1CNS(=O)(=O)c1cc(Br)ccc1Br. The number of nitrogens with one attached hydrogen (secondary N) is 1. The van der Waals surface area contributed by atoms with E-state index in [2.05, 4.69) is 41.5 Å². The van der Waals surface area contributed by atoms with Crippen molar-refractivity contribution in [2.45, 2.75) is 23.8 Å². The van der Waals surface area contributed by atoms with Gasteiger partial charge in [-0.15, -0.1) is 0 Å². The van der Waals surface area contributed by atoms with Crippen LogP contribution < -0.4 is 4.72 Å². The summed E-state index contributed by atoms with van der Waals surface area (Å²) in [6.45, 7) is 1.49. The standard InChI is InChI=1S/C12H16Br2N2O2S/c1-16-6-2-3-10(16)8-15-19(17,18)12-7-9(13)4-5-11(12)14/h4-5,7,10,15H,2-3,6,8H2,1H3. The minimum absolute atomic E-state index is 0.266. The van der Waals surface area contributed by atoms with Crippen molar-refractivity contribution in [3.8, 4) is 0 Å². The molecule has 1 atom stereocenters. The molecular weight excluding hydrogens is 396 g/mol. The highest BCUT2D eigenvalue weighted by molar-refractivity contribution is 9.11. The molecule has 106 valence electrons. The number of sulfonamides is 1. The van der Waals surface area contributed by atoms with Crippen LogP contribution in [0.25, 0.3) is 0 Å². The van der Waals surface area contributed by atoms with Crippen molar-refractivity contribution < 1.29 is 8.42 Å². The van der Waals surface area contributed by atoms with Gasteiger partial charge in [0.2, 0.25) is 10.0 Å². The summed E-state index contributed by atoms with van der Waals surface area (Å²) in [5.41, 5.74) is 0. The quantitative estimate of drug-likeness (QED) is 0.828. The molecule has 2 rings (SSSR count). The van der Waals surface area contributed by atoms with Crippen LogP contribution in [0.1, 0.15) is 12.8 Å². The maximum Gasteiger partial charge on any atom is 0.241 e. The third kappa shape index (κ3) is 3.78. The summed E-state index contributed by atoms with van der Waals surface area (Å²) in [6.07, 6.45) is 2.17. The molecule has 1 saturated heterocycles. The summed E-state index contributed by atoms with van der Waals surface area (Å²) in [4.78, 5) is 2.46. The molecule has 0 aliphatic carbocycles. The Labute approximate surface area is 130 Å². The van der Waals surface area contributed by atoms with E-state index in [1.807, 2.05) is 7.05 Å². The number of likely N-dealkylation sites (tertiary alicyclic amines) is 1. The average Bonchev–Trinajstić information content (AvgIpc) is 2.75. The monoisotopic (exact) mass is 410 g/mol. The van der Waals surface area contributed by atoms with E-state index < -0.39 is 10.0 Å². The number of likely N-dealkylation sites (N-methyl/N-ethyl adjacent to an activating group) is 1. The fraction of sp³-hybridized carbons (Fsp3) is 0.500. The van der Waals surface area contributed by atoms with Crippen molar-refractivity contribution in [1.82, 2.24) is 9.62 Å². The molecule has 0 amide bonds. The summed E-state index contributed by atoms with van der Waals surface area (Å²) in [6, 6.07) is 5.42.